The Morgan fingerprint density at radius 3 is 2.84 bits per heavy atom. The van der Waals surface area contributed by atoms with Crippen molar-refractivity contribution in [1.29, 1.82) is 0 Å². The van der Waals surface area contributed by atoms with E-state index in [1.54, 1.807) is 13.2 Å². The number of nitrogens with zero attached hydrogens (tertiary/aromatic N) is 1. The van der Waals surface area contributed by atoms with Crippen molar-refractivity contribution in [1.82, 2.24) is 0 Å². The molecule has 1 unspecified atom stereocenters. The molecule has 4 heteroatoms. The van der Waals surface area contributed by atoms with Gasteiger partial charge in [0.15, 0.2) is 11.5 Å². The van der Waals surface area contributed by atoms with E-state index in [0.29, 0.717) is 0 Å². The van der Waals surface area contributed by atoms with Crippen molar-refractivity contribution in [2.45, 2.75) is 44.2 Å². The monoisotopic (exact) mass is 259 g/mol. The zero-order valence-corrected chi connectivity index (χ0v) is 11.2. The van der Waals surface area contributed by atoms with E-state index in [2.05, 4.69) is 11.1 Å². The summed E-state index contributed by atoms with van der Waals surface area (Å²) in [5, 5.41) is 0. The fourth-order valence-electron chi connectivity index (χ4n) is 2.98. The van der Waals surface area contributed by atoms with Crippen molar-refractivity contribution in [3.63, 3.8) is 0 Å². The molecule has 1 aliphatic heterocycles. The summed E-state index contributed by atoms with van der Waals surface area (Å²) in [6, 6.07) is 4.07. The first-order chi connectivity index (χ1) is 9.18. The van der Waals surface area contributed by atoms with Crippen LogP contribution in [0.4, 0.5) is 0 Å². The molecule has 19 heavy (non-hydrogen) atoms. The molecule has 100 valence electrons. The lowest BCUT2D eigenvalue weighted by Crippen LogP contribution is -2.32. The first-order valence-electron chi connectivity index (χ1n) is 6.65. The summed E-state index contributed by atoms with van der Waals surface area (Å²) in [6.07, 6.45) is 5.68. The number of methoxy groups -OCH3 is 1. The Bertz CT molecular complexity index is 557. The van der Waals surface area contributed by atoms with Crippen molar-refractivity contribution in [3.05, 3.63) is 23.3 Å². The third kappa shape index (κ3) is 1.83. The van der Waals surface area contributed by atoms with Crippen molar-refractivity contribution < 1.29 is 14.3 Å². The molecule has 1 saturated carbocycles. The summed E-state index contributed by atoms with van der Waals surface area (Å²) in [5.74, 6) is 1.58. The topological polar surface area (TPSA) is 47.9 Å². The molecule has 0 spiro atoms. The zero-order valence-electron chi connectivity index (χ0n) is 11.2. The van der Waals surface area contributed by atoms with Gasteiger partial charge in [-0.25, -0.2) is 4.79 Å². The molecular weight excluding hydrogens is 242 g/mol. The van der Waals surface area contributed by atoms with Gasteiger partial charge in [0.1, 0.15) is 6.10 Å². The third-order valence-electron chi connectivity index (χ3n) is 4.16. The number of ether oxygens (including phenoxy) is 2. The molecule has 4 nitrogen and oxygen atoms in total. The van der Waals surface area contributed by atoms with E-state index >= 15 is 0 Å². The second kappa shape index (κ2) is 4.39. The highest BCUT2D eigenvalue weighted by atomic mass is 16.5. The molecule has 3 rings (SSSR count). The minimum atomic E-state index is -0.379. The minimum absolute atomic E-state index is 0.172. The molecule has 1 aromatic carbocycles. The van der Waals surface area contributed by atoms with Gasteiger partial charge in [-0.3, -0.25) is 0 Å². The number of hydrogen-bond donors (Lipinski definition) is 0. The van der Waals surface area contributed by atoms with Crippen molar-refractivity contribution in [2.24, 2.45) is 4.99 Å². The molecule has 0 saturated heterocycles. The number of hydrogen-bond acceptors (Lipinski definition) is 4. The van der Waals surface area contributed by atoms with Gasteiger partial charge >= 0.3 is 0 Å². The number of fused-ring (bicyclic) bond motifs is 1. The van der Waals surface area contributed by atoms with E-state index < -0.39 is 0 Å². The van der Waals surface area contributed by atoms with Gasteiger partial charge in [-0.05, 0) is 43.9 Å². The van der Waals surface area contributed by atoms with Crippen molar-refractivity contribution in [2.75, 3.05) is 7.11 Å². The summed E-state index contributed by atoms with van der Waals surface area (Å²) in [4.78, 5) is 14.7. The average molecular weight is 259 g/mol. The third-order valence-corrected chi connectivity index (χ3v) is 4.16. The van der Waals surface area contributed by atoms with Gasteiger partial charge in [0, 0.05) is 12.0 Å². The van der Waals surface area contributed by atoms with Crippen LogP contribution in [0, 0.1) is 0 Å². The lowest BCUT2D eigenvalue weighted by molar-refractivity contribution is 0.241. The molecule has 1 fully saturated rings. The Morgan fingerprint density at radius 2 is 2.26 bits per heavy atom. The lowest BCUT2D eigenvalue weighted by atomic mass is 9.72. The average Bonchev–Trinajstić information content (AvgIpc) is 2.72. The van der Waals surface area contributed by atoms with Gasteiger partial charge < -0.3 is 9.47 Å². The van der Waals surface area contributed by atoms with Crippen LogP contribution in [0.25, 0.3) is 0 Å². The lowest BCUT2D eigenvalue weighted by Gasteiger charge is -2.37. The highest BCUT2D eigenvalue weighted by Crippen LogP contribution is 2.49. The predicted octanol–water partition coefficient (Wildman–Crippen LogP) is 2.73. The summed E-state index contributed by atoms with van der Waals surface area (Å²) in [5.41, 5.74) is 1.82. The second-order valence-electron chi connectivity index (χ2n) is 5.39. The van der Waals surface area contributed by atoms with E-state index in [0.717, 1.165) is 48.3 Å². The maximum Gasteiger partial charge on any atom is 0.235 e. The molecule has 0 N–H and O–H groups in total. The van der Waals surface area contributed by atoms with Gasteiger partial charge in [-0.15, -0.1) is 0 Å². The first kappa shape index (κ1) is 12.2. The van der Waals surface area contributed by atoms with Crippen LogP contribution in [0.2, 0.25) is 0 Å². The zero-order chi connectivity index (χ0) is 13.5. The Balaban J connectivity index is 2.09. The molecule has 1 aliphatic carbocycles. The standard InChI is InChI=1S/C15H17NO3/c1-10-6-11-7-12(8-13(18-2)14(11)19-10)15(16-9-17)4-3-5-15/h7-8,10H,3-6H2,1-2H3. The van der Waals surface area contributed by atoms with E-state index in [1.165, 1.54) is 0 Å². The van der Waals surface area contributed by atoms with Crippen LogP contribution in [0.3, 0.4) is 0 Å². The minimum Gasteiger partial charge on any atom is -0.493 e. The number of benzene rings is 1. The van der Waals surface area contributed by atoms with Gasteiger partial charge in [0.05, 0.1) is 12.6 Å². The highest BCUT2D eigenvalue weighted by Gasteiger charge is 2.40. The first-order valence-corrected chi connectivity index (χ1v) is 6.65. The maximum atomic E-state index is 10.7. The molecule has 1 atom stereocenters. The van der Waals surface area contributed by atoms with E-state index in [9.17, 15) is 4.79 Å². The van der Waals surface area contributed by atoms with E-state index in [4.69, 9.17) is 9.47 Å². The van der Waals surface area contributed by atoms with Crippen LogP contribution in [0.5, 0.6) is 11.5 Å². The van der Waals surface area contributed by atoms with Crippen molar-refractivity contribution >= 4 is 6.08 Å². The predicted molar refractivity (Wildman–Crippen MR) is 70.4 cm³/mol. The normalized spacial score (nSPS) is 22.7. The Kier molecular flexibility index (Phi) is 2.83. The SMILES string of the molecule is COc1cc(C2(N=C=O)CCC2)cc2c1OC(C)C2. The van der Waals surface area contributed by atoms with Crippen LogP contribution in [-0.2, 0) is 16.8 Å². The molecule has 0 radical (unpaired) electrons. The number of isocyanates is 1. The summed E-state index contributed by atoms with van der Waals surface area (Å²) in [7, 11) is 1.64. The molecule has 0 aromatic heterocycles. The van der Waals surface area contributed by atoms with Gasteiger partial charge in [-0.1, -0.05) is 0 Å². The fraction of sp³-hybridized carbons (Fsp3) is 0.533. The quantitative estimate of drug-likeness (QED) is 0.619. The van der Waals surface area contributed by atoms with Crippen molar-refractivity contribution in [3.8, 4) is 11.5 Å². The molecule has 0 bridgehead atoms. The second-order valence-corrected chi connectivity index (χ2v) is 5.39. The van der Waals surface area contributed by atoms with Crippen LogP contribution < -0.4 is 9.47 Å². The number of rotatable bonds is 3. The molecule has 2 aliphatic rings. The van der Waals surface area contributed by atoms with Crippen LogP contribution >= 0.6 is 0 Å². The summed E-state index contributed by atoms with van der Waals surface area (Å²) >= 11 is 0. The van der Waals surface area contributed by atoms with E-state index in [1.807, 2.05) is 13.0 Å². The summed E-state index contributed by atoms with van der Waals surface area (Å²) < 4.78 is 11.2. The Hall–Kier alpha value is -1.80. The molecule has 0 amide bonds. The van der Waals surface area contributed by atoms with Crippen LogP contribution in [0.15, 0.2) is 17.1 Å². The molecule has 1 aromatic rings. The Labute approximate surface area is 112 Å². The van der Waals surface area contributed by atoms with Crippen LogP contribution in [-0.4, -0.2) is 19.3 Å². The van der Waals surface area contributed by atoms with E-state index in [-0.39, 0.29) is 11.6 Å². The molecule has 1 heterocycles. The Morgan fingerprint density at radius 1 is 1.47 bits per heavy atom. The highest BCUT2D eigenvalue weighted by molar-refractivity contribution is 5.54. The molecular formula is C15H17NO3. The largest absolute Gasteiger partial charge is 0.493 e. The summed E-state index contributed by atoms with van der Waals surface area (Å²) in [6.45, 7) is 2.04. The maximum absolute atomic E-state index is 10.7. The smallest absolute Gasteiger partial charge is 0.235 e. The fourth-order valence-corrected chi connectivity index (χ4v) is 2.98. The number of aliphatic imine (C=N–C) groups is 1. The van der Waals surface area contributed by atoms with Gasteiger partial charge in [0.2, 0.25) is 6.08 Å². The van der Waals surface area contributed by atoms with Gasteiger partial charge in [-0.2, -0.15) is 4.99 Å². The van der Waals surface area contributed by atoms with Crippen LogP contribution in [0.1, 0.15) is 37.3 Å². The van der Waals surface area contributed by atoms with Gasteiger partial charge in [0.25, 0.3) is 0 Å². The number of carbonyl (C=O) groups excluding carboxylic acids is 1.